The van der Waals surface area contributed by atoms with Crippen LogP contribution in [0.4, 0.5) is 0 Å². The molecule has 112 valence electrons. The number of halogens is 1. The van der Waals surface area contributed by atoms with Gasteiger partial charge in [0.2, 0.25) is 5.91 Å². The highest BCUT2D eigenvalue weighted by atomic mass is 35.5. The third kappa shape index (κ3) is 5.93. The zero-order valence-corrected chi connectivity index (χ0v) is 13.1. The van der Waals surface area contributed by atoms with Crippen molar-refractivity contribution in [2.24, 2.45) is 11.7 Å². The zero-order chi connectivity index (χ0) is 15.0. The van der Waals surface area contributed by atoms with Gasteiger partial charge in [0.15, 0.2) is 0 Å². The minimum absolute atomic E-state index is 0.00866. The molecular formula is C16H25ClN2O. The lowest BCUT2D eigenvalue weighted by molar-refractivity contribution is -0.122. The van der Waals surface area contributed by atoms with Gasteiger partial charge in [0, 0.05) is 11.4 Å². The van der Waals surface area contributed by atoms with Crippen LogP contribution in [0.3, 0.4) is 0 Å². The molecule has 0 heterocycles. The maximum absolute atomic E-state index is 11.9. The van der Waals surface area contributed by atoms with Crippen LogP contribution in [0.1, 0.15) is 51.1 Å². The molecule has 0 aliphatic rings. The molecule has 1 unspecified atom stereocenters. The van der Waals surface area contributed by atoms with Crippen LogP contribution in [0.5, 0.6) is 0 Å². The molecule has 3 nitrogen and oxygen atoms in total. The summed E-state index contributed by atoms with van der Waals surface area (Å²) < 4.78 is 0. The topological polar surface area (TPSA) is 55.1 Å². The van der Waals surface area contributed by atoms with E-state index in [0.29, 0.717) is 23.9 Å². The smallest absolute Gasteiger partial charge is 0.220 e. The molecule has 3 N–H and O–H groups in total. The summed E-state index contributed by atoms with van der Waals surface area (Å²) in [6, 6.07) is 7.57. The fourth-order valence-electron chi connectivity index (χ4n) is 2.27. The minimum atomic E-state index is 0.00866. The summed E-state index contributed by atoms with van der Waals surface area (Å²) in [5.74, 6) is 0.652. The van der Waals surface area contributed by atoms with Crippen LogP contribution in [0, 0.1) is 5.92 Å². The first-order valence-electron chi connectivity index (χ1n) is 7.31. The maximum Gasteiger partial charge on any atom is 0.220 e. The van der Waals surface area contributed by atoms with Gasteiger partial charge in [0.05, 0.1) is 6.04 Å². The minimum Gasteiger partial charge on any atom is -0.350 e. The number of hydrogen-bond acceptors (Lipinski definition) is 2. The molecular weight excluding hydrogens is 272 g/mol. The molecule has 0 fully saturated rings. The van der Waals surface area contributed by atoms with Crippen molar-refractivity contribution in [3.05, 3.63) is 34.9 Å². The Kier molecular flexibility index (Phi) is 7.63. The normalized spacial score (nSPS) is 13.8. The molecule has 0 aromatic heterocycles. The van der Waals surface area contributed by atoms with Crippen LogP contribution >= 0.6 is 11.6 Å². The Balaban J connectivity index is 2.39. The number of carbonyl (C=O) groups excluding carboxylic acids is 1. The number of carbonyl (C=O) groups is 1. The molecule has 0 spiro atoms. The lowest BCUT2D eigenvalue weighted by Gasteiger charge is -2.16. The van der Waals surface area contributed by atoms with E-state index in [1.54, 1.807) is 0 Å². The number of nitrogens with two attached hydrogens (primary N) is 1. The van der Waals surface area contributed by atoms with E-state index in [1.165, 1.54) is 0 Å². The first kappa shape index (κ1) is 17.0. The number of hydrogen-bond donors (Lipinski definition) is 2. The average Bonchev–Trinajstić information content (AvgIpc) is 2.44. The van der Waals surface area contributed by atoms with E-state index in [2.05, 4.69) is 12.2 Å². The van der Waals surface area contributed by atoms with E-state index in [9.17, 15) is 4.79 Å². The van der Waals surface area contributed by atoms with Crippen molar-refractivity contribution in [1.82, 2.24) is 5.32 Å². The van der Waals surface area contributed by atoms with Crippen LogP contribution < -0.4 is 11.1 Å². The second-order valence-electron chi connectivity index (χ2n) is 5.23. The molecule has 0 bridgehead atoms. The van der Waals surface area contributed by atoms with Gasteiger partial charge in [-0.15, -0.1) is 0 Å². The highest BCUT2D eigenvalue weighted by molar-refractivity contribution is 6.30. The second kappa shape index (κ2) is 8.98. The van der Waals surface area contributed by atoms with Gasteiger partial charge in [0.25, 0.3) is 0 Å². The van der Waals surface area contributed by atoms with Crippen molar-refractivity contribution in [2.45, 2.75) is 45.6 Å². The van der Waals surface area contributed by atoms with Crippen LogP contribution in [0.2, 0.25) is 5.02 Å². The summed E-state index contributed by atoms with van der Waals surface area (Å²) in [7, 11) is 0. The lowest BCUT2D eigenvalue weighted by Crippen LogP contribution is -2.27. The van der Waals surface area contributed by atoms with Crippen molar-refractivity contribution in [1.29, 1.82) is 0 Å². The molecule has 0 aliphatic carbocycles. The molecule has 1 rings (SSSR count). The van der Waals surface area contributed by atoms with Crippen molar-refractivity contribution in [2.75, 3.05) is 6.54 Å². The number of nitrogens with one attached hydrogen (secondary N) is 1. The molecule has 2 atom stereocenters. The van der Waals surface area contributed by atoms with Crippen molar-refractivity contribution in [3.63, 3.8) is 0 Å². The molecule has 1 amide bonds. The largest absolute Gasteiger partial charge is 0.350 e. The Morgan fingerprint density at radius 2 is 1.95 bits per heavy atom. The fourth-order valence-corrected chi connectivity index (χ4v) is 2.40. The molecule has 4 heteroatoms. The SMILES string of the molecule is CCC(CCN)CCC(=O)N[C@@H](C)c1ccc(Cl)cc1. The maximum atomic E-state index is 11.9. The standard InChI is InChI=1S/C16H25ClN2O/c1-3-13(10-11-18)4-9-16(20)19-12(2)14-5-7-15(17)8-6-14/h5-8,12-13H,3-4,9-11,18H2,1-2H3,(H,19,20)/t12-,13?/m0/s1. The highest BCUT2D eigenvalue weighted by Crippen LogP contribution is 2.17. The van der Waals surface area contributed by atoms with E-state index >= 15 is 0 Å². The average molecular weight is 297 g/mol. The summed E-state index contributed by atoms with van der Waals surface area (Å²) in [6.07, 6.45) is 3.55. The van der Waals surface area contributed by atoms with Gasteiger partial charge >= 0.3 is 0 Å². The third-order valence-electron chi connectivity index (χ3n) is 3.68. The van der Waals surface area contributed by atoms with Crippen molar-refractivity contribution < 1.29 is 4.79 Å². The Morgan fingerprint density at radius 3 is 2.50 bits per heavy atom. The van der Waals surface area contributed by atoms with Gasteiger partial charge in [-0.05, 0) is 49.9 Å². The Labute approximate surface area is 126 Å². The quantitative estimate of drug-likeness (QED) is 0.769. The predicted octanol–water partition coefficient (Wildman–Crippen LogP) is 3.67. The van der Waals surface area contributed by atoms with E-state index < -0.39 is 0 Å². The molecule has 1 aromatic carbocycles. The number of rotatable bonds is 8. The van der Waals surface area contributed by atoms with Crippen molar-refractivity contribution >= 4 is 17.5 Å². The first-order valence-corrected chi connectivity index (χ1v) is 7.69. The molecule has 0 saturated carbocycles. The van der Waals surface area contributed by atoms with Crippen molar-refractivity contribution in [3.8, 4) is 0 Å². The highest BCUT2D eigenvalue weighted by Gasteiger charge is 2.12. The summed E-state index contributed by atoms with van der Waals surface area (Å²) in [6.45, 7) is 4.83. The Bertz CT molecular complexity index is 405. The lowest BCUT2D eigenvalue weighted by atomic mass is 9.96. The zero-order valence-electron chi connectivity index (χ0n) is 12.4. The van der Waals surface area contributed by atoms with Gasteiger partial charge in [-0.25, -0.2) is 0 Å². The summed E-state index contributed by atoms with van der Waals surface area (Å²) in [5, 5.41) is 3.73. The van der Waals surface area contributed by atoms with Gasteiger partial charge in [0.1, 0.15) is 0 Å². The summed E-state index contributed by atoms with van der Waals surface area (Å²) in [4.78, 5) is 11.9. The van der Waals surface area contributed by atoms with Gasteiger partial charge < -0.3 is 11.1 Å². The van der Waals surface area contributed by atoms with E-state index in [4.69, 9.17) is 17.3 Å². The third-order valence-corrected chi connectivity index (χ3v) is 3.93. The number of benzene rings is 1. The van der Waals surface area contributed by atoms with E-state index in [1.807, 2.05) is 31.2 Å². The van der Waals surface area contributed by atoms with Crippen LogP contribution in [0.25, 0.3) is 0 Å². The van der Waals surface area contributed by atoms with Gasteiger partial charge in [-0.1, -0.05) is 37.1 Å². The van der Waals surface area contributed by atoms with Crippen LogP contribution in [0.15, 0.2) is 24.3 Å². The summed E-state index contributed by atoms with van der Waals surface area (Å²) >= 11 is 5.85. The summed E-state index contributed by atoms with van der Waals surface area (Å²) in [5.41, 5.74) is 6.64. The van der Waals surface area contributed by atoms with Gasteiger partial charge in [-0.3, -0.25) is 4.79 Å². The van der Waals surface area contributed by atoms with Crippen LogP contribution in [-0.4, -0.2) is 12.5 Å². The second-order valence-corrected chi connectivity index (χ2v) is 5.67. The Morgan fingerprint density at radius 1 is 1.30 bits per heavy atom. The molecule has 0 aliphatic heterocycles. The monoisotopic (exact) mass is 296 g/mol. The molecule has 1 aromatic rings. The Hall–Kier alpha value is -1.06. The molecule has 20 heavy (non-hydrogen) atoms. The van der Waals surface area contributed by atoms with E-state index in [0.717, 1.165) is 24.8 Å². The van der Waals surface area contributed by atoms with E-state index in [-0.39, 0.29) is 11.9 Å². The number of amides is 1. The molecule has 0 radical (unpaired) electrons. The van der Waals surface area contributed by atoms with Crippen LogP contribution in [-0.2, 0) is 4.79 Å². The first-order chi connectivity index (χ1) is 9.56. The predicted molar refractivity (Wildman–Crippen MR) is 84.7 cm³/mol. The fraction of sp³-hybridized carbons (Fsp3) is 0.562. The molecule has 0 saturated heterocycles. The van der Waals surface area contributed by atoms with Gasteiger partial charge in [-0.2, -0.15) is 0 Å².